The molecule has 0 spiro atoms. The van der Waals surface area contributed by atoms with E-state index in [1.807, 2.05) is 11.8 Å². The second kappa shape index (κ2) is 7.20. The van der Waals surface area contributed by atoms with E-state index < -0.39 is 0 Å². The van der Waals surface area contributed by atoms with Gasteiger partial charge in [0.05, 0.1) is 0 Å². The molecule has 1 nitrogen and oxygen atoms in total. The summed E-state index contributed by atoms with van der Waals surface area (Å²) in [7, 11) is 0. The Kier molecular flexibility index (Phi) is 5.58. The van der Waals surface area contributed by atoms with Crippen molar-refractivity contribution in [3.63, 3.8) is 0 Å². The van der Waals surface area contributed by atoms with Crippen molar-refractivity contribution in [1.29, 1.82) is 0 Å². The number of rotatable bonds is 7. The summed E-state index contributed by atoms with van der Waals surface area (Å²) in [6.45, 7) is 5.57. The van der Waals surface area contributed by atoms with Crippen LogP contribution in [0.25, 0.3) is 0 Å². The van der Waals surface area contributed by atoms with Crippen molar-refractivity contribution in [1.82, 2.24) is 5.32 Å². The van der Waals surface area contributed by atoms with E-state index in [0.717, 1.165) is 12.5 Å². The van der Waals surface area contributed by atoms with Crippen LogP contribution in [0.15, 0.2) is 29.2 Å². The topological polar surface area (TPSA) is 12.0 Å². The summed E-state index contributed by atoms with van der Waals surface area (Å²) in [4.78, 5) is 1.43. The Morgan fingerprint density at radius 3 is 2.89 bits per heavy atom. The van der Waals surface area contributed by atoms with Gasteiger partial charge < -0.3 is 5.32 Å². The quantitative estimate of drug-likeness (QED) is 0.719. The van der Waals surface area contributed by atoms with Crippen LogP contribution < -0.4 is 5.32 Å². The molecule has 2 heteroatoms. The van der Waals surface area contributed by atoms with Crippen LogP contribution >= 0.6 is 11.8 Å². The van der Waals surface area contributed by atoms with Crippen LogP contribution in [0.2, 0.25) is 0 Å². The molecule has 1 N–H and O–H groups in total. The number of thioether (sulfide) groups is 1. The van der Waals surface area contributed by atoms with Gasteiger partial charge in [-0.05, 0) is 56.3 Å². The third kappa shape index (κ3) is 4.03. The molecular formula is C16H25NS. The number of hydrogen-bond donors (Lipinski definition) is 1. The Bertz CT molecular complexity index is 360. The minimum atomic E-state index is 0.467. The van der Waals surface area contributed by atoms with Crippen LogP contribution in [0, 0.1) is 5.92 Å². The molecule has 0 amide bonds. The molecule has 2 rings (SSSR count). The van der Waals surface area contributed by atoms with Gasteiger partial charge in [0, 0.05) is 16.7 Å². The lowest BCUT2D eigenvalue weighted by molar-refractivity contribution is 0.353. The lowest BCUT2D eigenvalue weighted by atomic mass is 9.87. The molecule has 0 heterocycles. The fourth-order valence-electron chi connectivity index (χ4n) is 2.23. The highest BCUT2D eigenvalue weighted by atomic mass is 32.2. The van der Waals surface area contributed by atoms with E-state index in [1.54, 1.807) is 0 Å². The Balaban J connectivity index is 1.87. The van der Waals surface area contributed by atoms with Crippen LogP contribution in [0.1, 0.15) is 51.1 Å². The fraction of sp³-hybridized carbons (Fsp3) is 0.625. The first-order valence-corrected chi connectivity index (χ1v) is 8.24. The molecule has 1 fully saturated rings. The molecule has 100 valence electrons. The van der Waals surface area contributed by atoms with Crippen LogP contribution in [0.3, 0.4) is 0 Å². The predicted molar refractivity (Wildman–Crippen MR) is 81.2 cm³/mol. The SMILES string of the molecule is CCCNC(C)c1cccc(SCC2CCC2)c1. The van der Waals surface area contributed by atoms with Gasteiger partial charge in [-0.15, -0.1) is 11.8 Å². The molecule has 0 radical (unpaired) electrons. The highest BCUT2D eigenvalue weighted by Gasteiger charge is 2.17. The van der Waals surface area contributed by atoms with Gasteiger partial charge in [-0.2, -0.15) is 0 Å². The molecule has 1 saturated carbocycles. The highest BCUT2D eigenvalue weighted by molar-refractivity contribution is 7.99. The molecule has 1 aromatic carbocycles. The zero-order chi connectivity index (χ0) is 12.8. The molecule has 0 saturated heterocycles. The van der Waals surface area contributed by atoms with E-state index in [2.05, 4.69) is 43.4 Å². The summed E-state index contributed by atoms with van der Waals surface area (Å²) in [5.41, 5.74) is 1.42. The van der Waals surface area contributed by atoms with E-state index in [-0.39, 0.29) is 0 Å². The Morgan fingerprint density at radius 1 is 1.39 bits per heavy atom. The first-order valence-electron chi connectivity index (χ1n) is 7.25. The van der Waals surface area contributed by atoms with Gasteiger partial charge in [0.15, 0.2) is 0 Å². The summed E-state index contributed by atoms with van der Waals surface area (Å²) >= 11 is 2.03. The average Bonchev–Trinajstić information content (AvgIpc) is 2.34. The molecule has 0 bridgehead atoms. The molecule has 1 aromatic rings. The molecule has 18 heavy (non-hydrogen) atoms. The normalized spacial score (nSPS) is 17.4. The van der Waals surface area contributed by atoms with Crippen LogP contribution in [0.4, 0.5) is 0 Å². The van der Waals surface area contributed by atoms with Gasteiger partial charge in [0.1, 0.15) is 0 Å². The number of benzene rings is 1. The van der Waals surface area contributed by atoms with Crippen LogP contribution in [0.5, 0.6) is 0 Å². The summed E-state index contributed by atoms with van der Waals surface area (Å²) in [5.74, 6) is 2.29. The van der Waals surface area contributed by atoms with Crippen molar-refractivity contribution in [2.24, 2.45) is 5.92 Å². The highest BCUT2D eigenvalue weighted by Crippen LogP contribution is 2.33. The summed E-state index contributed by atoms with van der Waals surface area (Å²) in [6, 6.07) is 9.51. The zero-order valence-electron chi connectivity index (χ0n) is 11.6. The largest absolute Gasteiger partial charge is 0.310 e. The maximum Gasteiger partial charge on any atom is 0.0292 e. The molecule has 1 unspecified atom stereocenters. The minimum Gasteiger partial charge on any atom is -0.310 e. The first-order chi connectivity index (χ1) is 8.79. The second-order valence-electron chi connectivity index (χ2n) is 5.36. The van der Waals surface area contributed by atoms with E-state index >= 15 is 0 Å². The van der Waals surface area contributed by atoms with Gasteiger partial charge in [0.25, 0.3) is 0 Å². The first kappa shape index (κ1) is 14.0. The standard InChI is InChI=1S/C16H25NS/c1-3-10-17-13(2)15-8-5-9-16(11-15)18-12-14-6-4-7-14/h5,8-9,11,13-14,17H,3-4,6-7,10,12H2,1-2H3. The van der Waals surface area contributed by atoms with E-state index in [9.17, 15) is 0 Å². The minimum absolute atomic E-state index is 0.467. The monoisotopic (exact) mass is 263 g/mol. The van der Waals surface area contributed by atoms with Gasteiger partial charge in [-0.1, -0.05) is 25.5 Å². The third-order valence-corrected chi connectivity index (χ3v) is 4.99. The fourth-order valence-corrected chi connectivity index (χ4v) is 3.38. The number of hydrogen-bond acceptors (Lipinski definition) is 2. The Morgan fingerprint density at radius 2 is 2.22 bits per heavy atom. The molecule has 0 aliphatic heterocycles. The predicted octanol–water partition coefficient (Wildman–Crippen LogP) is 4.64. The number of nitrogens with one attached hydrogen (secondary N) is 1. The molecule has 1 atom stereocenters. The van der Waals surface area contributed by atoms with Crippen LogP contribution in [-0.4, -0.2) is 12.3 Å². The molecule has 0 aromatic heterocycles. The molecular weight excluding hydrogens is 238 g/mol. The maximum atomic E-state index is 3.55. The zero-order valence-corrected chi connectivity index (χ0v) is 12.4. The smallest absolute Gasteiger partial charge is 0.0292 e. The van der Waals surface area contributed by atoms with Gasteiger partial charge in [-0.25, -0.2) is 0 Å². The lowest BCUT2D eigenvalue weighted by Gasteiger charge is -2.24. The van der Waals surface area contributed by atoms with Crippen molar-refractivity contribution < 1.29 is 0 Å². The van der Waals surface area contributed by atoms with E-state index in [1.165, 1.54) is 41.9 Å². The summed E-state index contributed by atoms with van der Waals surface area (Å²) in [5, 5.41) is 3.55. The lowest BCUT2D eigenvalue weighted by Crippen LogP contribution is -2.19. The van der Waals surface area contributed by atoms with E-state index in [0.29, 0.717) is 6.04 Å². The van der Waals surface area contributed by atoms with Gasteiger partial charge in [0.2, 0.25) is 0 Å². The van der Waals surface area contributed by atoms with Crippen LogP contribution in [-0.2, 0) is 0 Å². The van der Waals surface area contributed by atoms with E-state index in [4.69, 9.17) is 0 Å². The molecule has 1 aliphatic rings. The maximum absolute atomic E-state index is 3.55. The van der Waals surface area contributed by atoms with Gasteiger partial charge >= 0.3 is 0 Å². The second-order valence-corrected chi connectivity index (χ2v) is 6.45. The van der Waals surface area contributed by atoms with Gasteiger partial charge in [-0.3, -0.25) is 0 Å². The Labute approximate surface area is 116 Å². The average molecular weight is 263 g/mol. The Hall–Kier alpha value is -0.470. The van der Waals surface area contributed by atoms with Crippen molar-refractivity contribution in [2.45, 2.75) is 50.5 Å². The molecule has 1 aliphatic carbocycles. The van der Waals surface area contributed by atoms with Crippen molar-refractivity contribution in [3.05, 3.63) is 29.8 Å². The van der Waals surface area contributed by atoms with Crippen molar-refractivity contribution in [3.8, 4) is 0 Å². The van der Waals surface area contributed by atoms with Crippen molar-refractivity contribution in [2.75, 3.05) is 12.3 Å². The van der Waals surface area contributed by atoms with Crippen molar-refractivity contribution >= 4 is 11.8 Å². The summed E-state index contributed by atoms with van der Waals surface area (Å²) in [6.07, 6.45) is 5.53. The summed E-state index contributed by atoms with van der Waals surface area (Å²) < 4.78 is 0. The third-order valence-electron chi connectivity index (χ3n) is 3.77.